The first-order valence-corrected chi connectivity index (χ1v) is 11.7. The molecule has 1 aliphatic rings. The van der Waals surface area contributed by atoms with Crippen molar-refractivity contribution in [1.82, 2.24) is 9.73 Å². The first-order chi connectivity index (χ1) is 14.5. The number of hydrogen-bond donors (Lipinski definition) is 2. The van der Waals surface area contributed by atoms with Crippen LogP contribution in [0.5, 0.6) is 0 Å². The molecule has 0 aliphatic carbocycles. The van der Waals surface area contributed by atoms with Crippen LogP contribution in [0.2, 0.25) is 0 Å². The number of rotatable bonds is 7. The number of nitrogens with zero attached hydrogens (tertiary/aromatic N) is 2. The summed E-state index contributed by atoms with van der Waals surface area (Å²) in [6.07, 6.45) is 1.79. The van der Waals surface area contributed by atoms with Crippen molar-refractivity contribution in [3.05, 3.63) is 60.2 Å². The van der Waals surface area contributed by atoms with Crippen molar-refractivity contribution in [2.45, 2.75) is 24.7 Å². The molecule has 1 fully saturated rings. The number of sulfonamides is 1. The van der Waals surface area contributed by atoms with Gasteiger partial charge in [-0.15, -0.1) is 0 Å². The summed E-state index contributed by atoms with van der Waals surface area (Å²) in [6.45, 7) is 3.68. The van der Waals surface area contributed by atoms with Crippen LogP contribution in [0, 0.1) is 0 Å². The Morgan fingerprint density at radius 3 is 2.40 bits per heavy atom. The van der Waals surface area contributed by atoms with Gasteiger partial charge >= 0.3 is 0 Å². The van der Waals surface area contributed by atoms with Gasteiger partial charge in [-0.05, 0) is 48.5 Å². The minimum atomic E-state index is -3.51. The topological polar surface area (TPSA) is 83.0 Å². The Bertz CT molecular complexity index is 971. The van der Waals surface area contributed by atoms with E-state index in [9.17, 15) is 8.42 Å². The number of ether oxygens (including phenoxy) is 1. The number of benzene rings is 2. The molecule has 0 radical (unpaired) electrons. The van der Waals surface area contributed by atoms with Gasteiger partial charge in [0.05, 0.1) is 23.8 Å². The monoisotopic (exact) mass is 446 g/mol. The lowest BCUT2D eigenvalue weighted by atomic mass is 10.1. The van der Waals surface area contributed by atoms with Crippen LogP contribution in [0.3, 0.4) is 0 Å². The quantitative estimate of drug-likeness (QED) is 0.386. The Morgan fingerprint density at radius 2 is 1.77 bits per heavy atom. The fourth-order valence-corrected chi connectivity index (χ4v) is 4.63. The highest BCUT2D eigenvalue weighted by Crippen LogP contribution is 2.19. The van der Waals surface area contributed by atoms with Crippen molar-refractivity contribution in [1.29, 1.82) is 0 Å². The lowest BCUT2D eigenvalue weighted by Gasteiger charge is -2.26. The summed E-state index contributed by atoms with van der Waals surface area (Å²) in [7, 11) is -3.51. The Hall–Kier alpha value is -2.33. The van der Waals surface area contributed by atoms with Crippen LogP contribution in [-0.2, 0) is 14.8 Å². The number of morpholine rings is 1. The molecule has 160 valence electrons. The summed E-state index contributed by atoms with van der Waals surface area (Å²) >= 11 is 5.33. The number of hydrazone groups is 1. The first-order valence-electron chi connectivity index (χ1n) is 9.87. The third-order valence-corrected chi connectivity index (χ3v) is 6.71. The van der Waals surface area contributed by atoms with Gasteiger partial charge in [0.1, 0.15) is 0 Å². The molecule has 0 aromatic heterocycles. The smallest absolute Gasteiger partial charge is 0.243 e. The normalized spacial score (nSPS) is 15.6. The van der Waals surface area contributed by atoms with Gasteiger partial charge in [-0.1, -0.05) is 43.7 Å². The van der Waals surface area contributed by atoms with E-state index in [-0.39, 0.29) is 4.90 Å². The molecule has 0 atom stereocenters. The van der Waals surface area contributed by atoms with Crippen LogP contribution in [0.25, 0.3) is 0 Å². The van der Waals surface area contributed by atoms with E-state index in [0.717, 1.165) is 24.1 Å². The van der Waals surface area contributed by atoms with Crippen molar-refractivity contribution in [3.8, 4) is 0 Å². The standard InChI is InChI=1S/C21H26N4O3S2/c1-2-6-20(17-7-4-3-5-8-17)23-24-21(29)22-18-9-11-19(12-10-18)30(26,27)25-13-15-28-16-14-25/h3-5,7-12H,2,6,13-16H2,1H3,(H2,22,24,29)/b23-20+. The lowest BCUT2D eigenvalue weighted by molar-refractivity contribution is 0.0730. The maximum absolute atomic E-state index is 12.7. The number of hydrogen-bond acceptors (Lipinski definition) is 5. The predicted molar refractivity (Wildman–Crippen MR) is 123 cm³/mol. The number of nitrogens with one attached hydrogen (secondary N) is 2. The van der Waals surface area contributed by atoms with E-state index in [1.165, 1.54) is 4.31 Å². The summed E-state index contributed by atoms with van der Waals surface area (Å²) in [5, 5.41) is 7.82. The van der Waals surface area contributed by atoms with Gasteiger partial charge in [0.15, 0.2) is 5.11 Å². The Balaban J connectivity index is 1.62. The van der Waals surface area contributed by atoms with Crippen LogP contribution < -0.4 is 10.7 Å². The zero-order chi connectivity index (χ0) is 21.4. The SMILES string of the molecule is CCC/C(=N\NC(=S)Nc1ccc(S(=O)(=O)N2CCOCC2)cc1)c1ccccc1. The van der Waals surface area contributed by atoms with E-state index in [1.54, 1.807) is 24.3 Å². The molecule has 0 amide bonds. The molecule has 3 rings (SSSR count). The Morgan fingerprint density at radius 1 is 1.10 bits per heavy atom. The Kier molecular flexibility index (Phi) is 7.92. The molecule has 1 aliphatic heterocycles. The third-order valence-electron chi connectivity index (χ3n) is 4.61. The van der Waals surface area contributed by atoms with Crippen LogP contribution in [-0.4, -0.2) is 49.9 Å². The molecular formula is C21H26N4O3S2. The van der Waals surface area contributed by atoms with Crippen LogP contribution in [0.4, 0.5) is 5.69 Å². The second kappa shape index (κ2) is 10.6. The molecular weight excluding hydrogens is 420 g/mol. The van der Waals surface area contributed by atoms with E-state index >= 15 is 0 Å². The van der Waals surface area contributed by atoms with E-state index in [4.69, 9.17) is 17.0 Å². The molecule has 0 unspecified atom stereocenters. The summed E-state index contributed by atoms with van der Waals surface area (Å²) in [5.74, 6) is 0. The second-order valence-electron chi connectivity index (χ2n) is 6.78. The summed E-state index contributed by atoms with van der Waals surface area (Å²) in [6, 6.07) is 16.5. The fourth-order valence-electron chi connectivity index (χ4n) is 3.06. The van der Waals surface area contributed by atoms with Gasteiger partial charge < -0.3 is 10.1 Å². The highest BCUT2D eigenvalue weighted by Gasteiger charge is 2.26. The second-order valence-corrected chi connectivity index (χ2v) is 9.13. The zero-order valence-corrected chi connectivity index (χ0v) is 18.5. The number of thiocarbonyl (C=S) groups is 1. The average molecular weight is 447 g/mol. The number of anilines is 1. The van der Waals surface area contributed by atoms with Crippen molar-refractivity contribution in [3.63, 3.8) is 0 Å². The molecule has 2 aromatic rings. The molecule has 0 saturated carbocycles. The first kappa shape index (κ1) is 22.4. The fraction of sp³-hybridized carbons (Fsp3) is 0.333. The van der Waals surface area contributed by atoms with Crippen molar-refractivity contribution >= 4 is 38.8 Å². The molecule has 30 heavy (non-hydrogen) atoms. The molecule has 2 aromatic carbocycles. The van der Waals surface area contributed by atoms with Gasteiger partial charge in [-0.25, -0.2) is 8.42 Å². The van der Waals surface area contributed by atoms with E-state index in [1.807, 2.05) is 30.3 Å². The Labute approximate surface area is 183 Å². The van der Waals surface area contributed by atoms with Crippen LogP contribution in [0.1, 0.15) is 25.3 Å². The van der Waals surface area contributed by atoms with Crippen LogP contribution in [0.15, 0.2) is 64.6 Å². The van der Waals surface area contributed by atoms with Gasteiger partial charge in [-0.3, -0.25) is 5.43 Å². The molecule has 7 nitrogen and oxygen atoms in total. The van der Waals surface area contributed by atoms with Gasteiger partial charge in [0, 0.05) is 18.8 Å². The maximum Gasteiger partial charge on any atom is 0.243 e. The zero-order valence-electron chi connectivity index (χ0n) is 16.9. The summed E-state index contributed by atoms with van der Waals surface area (Å²) < 4.78 is 32.0. The molecule has 0 spiro atoms. The molecule has 1 heterocycles. The minimum absolute atomic E-state index is 0.251. The van der Waals surface area contributed by atoms with E-state index in [0.29, 0.717) is 37.1 Å². The third kappa shape index (κ3) is 5.85. The minimum Gasteiger partial charge on any atom is -0.379 e. The van der Waals surface area contributed by atoms with Gasteiger partial charge in [0.2, 0.25) is 10.0 Å². The van der Waals surface area contributed by atoms with Gasteiger partial charge in [0.25, 0.3) is 0 Å². The van der Waals surface area contributed by atoms with Gasteiger partial charge in [-0.2, -0.15) is 9.41 Å². The van der Waals surface area contributed by atoms with E-state index < -0.39 is 10.0 Å². The van der Waals surface area contributed by atoms with Crippen molar-refractivity contribution in [2.75, 3.05) is 31.6 Å². The highest BCUT2D eigenvalue weighted by molar-refractivity contribution is 7.89. The largest absolute Gasteiger partial charge is 0.379 e. The average Bonchev–Trinajstić information content (AvgIpc) is 2.78. The maximum atomic E-state index is 12.7. The highest BCUT2D eigenvalue weighted by atomic mass is 32.2. The molecule has 1 saturated heterocycles. The molecule has 0 bridgehead atoms. The predicted octanol–water partition coefficient (Wildman–Crippen LogP) is 3.20. The van der Waals surface area contributed by atoms with E-state index in [2.05, 4.69) is 22.8 Å². The van der Waals surface area contributed by atoms with Crippen molar-refractivity contribution in [2.24, 2.45) is 5.10 Å². The summed E-state index contributed by atoms with van der Waals surface area (Å²) in [4.78, 5) is 0.251. The molecule has 2 N–H and O–H groups in total. The summed E-state index contributed by atoms with van der Waals surface area (Å²) in [5.41, 5.74) is 5.53. The van der Waals surface area contributed by atoms with Crippen LogP contribution >= 0.6 is 12.2 Å². The lowest BCUT2D eigenvalue weighted by Crippen LogP contribution is -2.40. The van der Waals surface area contributed by atoms with Crippen molar-refractivity contribution < 1.29 is 13.2 Å². The molecule has 9 heteroatoms.